The number of nitrogens with zero attached hydrogens (tertiary/aromatic N) is 3. The van der Waals surface area contributed by atoms with Gasteiger partial charge in [0.15, 0.2) is 22.7 Å². The normalized spacial score (nSPS) is 12.1. The summed E-state index contributed by atoms with van der Waals surface area (Å²) in [6, 6.07) is 6.63. The Morgan fingerprint density at radius 3 is 2.44 bits per heavy atom. The lowest BCUT2D eigenvalue weighted by Crippen LogP contribution is -2.31. The Morgan fingerprint density at radius 2 is 1.76 bits per heavy atom. The van der Waals surface area contributed by atoms with Gasteiger partial charge in [-0.15, -0.1) is 0 Å². The molecule has 0 unspecified atom stereocenters. The van der Waals surface area contributed by atoms with E-state index in [2.05, 4.69) is 9.97 Å². The van der Waals surface area contributed by atoms with Crippen molar-refractivity contribution < 1.29 is 17.6 Å². The topological polar surface area (TPSA) is 85.8 Å². The van der Waals surface area contributed by atoms with Gasteiger partial charge in [0.2, 0.25) is 0 Å². The molecule has 1 N–H and O–H groups in total. The summed E-state index contributed by atoms with van der Waals surface area (Å²) in [6.07, 6.45) is -2.37. The highest BCUT2D eigenvalue weighted by Gasteiger charge is 2.33. The molecule has 0 spiro atoms. The molecule has 0 atom stereocenters. The molecule has 1 aromatic carbocycles. The van der Waals surface area contributed by atoms with Crippen LogP contribution in [0.1, 0.15) is 38.7 Å². The quantitative estimate of drug-likeness (QED) is 0.357. The summed E-state index contributed by atoms with van der Waals surface area (Å²) in [5.41, 5.74) is -1.38. The van der Waals surface area contributed by atoms with Crippen LogP contribution in [0.2, 0.25) is 5.02 Å². The predicted octanol–water partition coefficient (Wildman–Crippen LogP) is 5.70. The molecule has 0 bridgehead atoms. The predicted molar refractivity (Wildman–Crippen MR) is 123 cm³/mol. The van der Waals surface area contributed by atoms with Gasteiger partial charge in [0, 0.05) is 18.7 Å². The van der Waals surface area contributed by atoms with Gasteiger partial charge in [0.1, 0.15) is 5.76 Å². The van der Waals surface area contributed by atoms with Crippen molar-refractivity contribution in [2.24, 2.45) is 0 Å². The molecule has 0 radical (unpaired) electrons. The molecular formula is C23H22ClF3N4O3. The molecule has 3 heterocycles. The minimum atomic E-state index is -4.61. The number of halogens is 4. The smallest absolute Gasteiger partial charge is 0.417 e. The van der Waals surface area contributed by atoms with Gasteiger partial charge in [0.25, 0.3) is 5.56 Å². The molecule has 4 rings (SSSR count). The number of aryl methyl sites for hydroxylation is 2. The summed E-state index contributed by atoms with van der Waals surface area (Å²) in [5, 5.41) is -0.406. The van der Waals surface area contributed by atoms with E-state index < -0.39 is 28.0 Å². The number of furan rings is 1. The maximum absolute atomic E-state index is 13.3. The maximum atomic E-state index is 13.3. The average Bonchev–Trinajstić information content (AvgIpc) is 3.39. The van der Waals surface area contributed by atoms with E-state index in [0.29, 0.717) is 25.3 Å². The lowest BCUT2D eigenvalue weighted by atomic mass is 10.1. The summed E-state index contributed by atoms with van der Waals surface area (Å²) in [5.74, 6) is 0.760. The molecule has 0 saturated heterocycles. The molecule has 0 aliphatic rings. The van der Waals surface area contributed by atoms with E-state index in [1.54, 1.807) is 10.6 Å². The largest absolute Gasteiger partial charge is 0.453 e. The highest BCUT2D eigenvalue weighted by Crippen LogP contribution is 2.38. The van der Waals surface area contributed by atoms with Gasteiger partial charge in [0.05, 0.1) is 10.6 Å². The molecule has 0 fully saturated rings. The molecule has 34 heavy (non-hydrogen) atoms. The Morgan fingerprint density at radius 1 is 1.03 bits per heavy atom. The zero-order chi connectivity index (χ0) is 24.6. The number of aromatic nitrogens is 4. The fourth-order valence-corrected chi connectivity index (χ4v) is 4.06. The van der Waals surface area contributed by atoms with Crippen molar-refractivity contribution in [3.05, 3.63) is 61.8 Å². The summed E-state index contributed by atoms with van der Waals surface area (Å²) in [4.78, 5) is 32.0. The molecule has 0 aliphatic heterocycles. The number of hydrogen-bond donors (Lipinski definition) is 1. The summed E-state index contributed by atoms with van der Waals surface area (Å²) in [6.45, 7) is 4.73. The van der Waals surface area contributed by atoms with Crippen molar-refractivity contribution in [2.45, 2.75) is 52.4 Å². The Kier molecular flexibility index (Phi) is 6.44. The first-order valence-corrected chi connectivity index (χ1v) is 11.2. The Balaban J connectivity index is 1.87. The summed E-state index contributed by atoms with van der Waals surface area (Å²) < 4.78 is 48.8. The SMILES string of the molecule is CCCCn1c(=O)[nH]c(=O)c2c1nc(-c1ccc(-c3ccc(Cl)c(C(F)(F)F)c3)o1)n2CCC. The van der Waals surface area contributed by atoms with Crippen molar-refractivity contribution in [3.8, 4) is 22.9 Å². The van der Waals surface area contributed by atoms with Crippen LogP contribution in [-0.2, 0) is 19.3 Å². The van der Waals surface area contributed by atoms with Gasteiger partial charge in [-0.25, -0.2) is 9.78 Å². The molecule has 3 aromatic heterocycles. The number of hydrogen-bond acceptors (Lipinski definition) is 4. The number of rotatable bonds is 7. The van der Waals surface area contributed by atoms with Crippen LogP contribution >= 0.6 is 11.6 Å². The van der Waals surface area contributed by atoms with E-state index in [1.165, 1.54) is 22.8 Å². The molecule has 4 aromatic rings. The number of aromatic amines is 1. The maximum Gasteiger partial charge on any atom is 0.417 e. The minimum Gasteiger partial charge on any atom is -0.453 e. The van der Waals surface area contributed by atoms with Crippen LogP contribution < -0.4 is 11.2 Å². The van der Waals surface area contributed by atoms with E-state index in [4.69, 9.17) is 16.0 Å². The third-order valence-corrected chi connectivity index (χ3v) is 5.78. The zero-order valence-electron chi connectivity index (χ0n) is 18.5. The first kappa shape index (κ1) is 23.9. The van der Waals surface area contributed by atoms with Gasteiger partial charge in [-0.05, 0) is 43.2 Å². The van der Waals surface area contributed by atoms with Crippen LogP contribution in [0.4, 0.5) is 13.2 Å². The van der Waals surface area contributed by atoms with E-state index in [9.17, 15) is 22.8 Å². The van der Waals surface area contributed by atoms with Crippen LogP contribution in [0.25, 0.3) is 34.1 Å². The number of alkyl halides is 3. The number of nitrogens with one attached hydrogen (secondary N) is 1. The highest BCUT2D eigenvalue weighted by molar-refractivity contribution is 6.31. The molecular weight excluding hydrogens is 473 g/mol. The average molecular weight is 495 g/mol. The van der Waals surface area contributed by atoms with Gasteiger partial charge >= 0.3 is 11.9 Å². The van der Waals surface area contributed by atoms with Gasteiger partial charge in [-0.1, -0.05) is 31.9 Å². The fraction of sp³-hybridized carbons (Fsp3) is 0.348. The lowest BCUT2D eigenvalue weighted by molar-refractivity contribution is -0.137. The second kappa shape index (κ2) is 9.17. The van der Waals surface area contributed by atoms with Crippen molar-refractivity contribution in [1.29, 1.82) is 0 Å². The third-order valence-electron chi connectivity index (χ3n) is 5.45. The molecule has 0 aliphatic carbocycles. The van der Waals surface area contributed by atoms with Gasteiger partial charge in [-0.3, -0.25) is 14.3 Å². The van der Waals surface area contributed by atoms with Gasteiger partial charge < -0.3 is 8.98 Å². The number of fused-ring (bicyclic) bond motifs is 1. The van der Waals surface area contributed by atoms with Crippen molar-refractivity contribution in [1.82, 2.24) is 19.1 Å². The van der Waals surface area contributed by atoms with Gasteiger partial charge in [-0.2, -0.15) is 13.2 Å². The van der Waals surface area contributed by atoms with E-state index in [0.717, 1.165) is 18.9 Å². The standard InChI is InChI=1S/C23H22ClF3N4O3/c1-3-5-11-31-20-18(21(32)29-22(31)33)30(10-4-2)19(28-20)17-9-8-16(34-17)13-6-7-15(24)14(12-13)23(25,26)27/h6-9,12H,3-5,10-11H2,1-2H3,(H,29,32,33). The van der Waals surface area contributed by atoms with E-state index in [-0.39, 0.29) is 28.2 Å². The Bertz CT molecular complexity index is 1460. The lowest BCUT2D eigenvalue weighted by Gasteiger charge is -2.10. The monoisotopic (exact) mass is 494 g/mol. The van der Waals surface area contributed by atoms with Crippen LogP contribution in [0, 0.1) is 0 Å². The van der Waals surface area contributed by atoms with Crippen LogP contribution in [0.15, 0.2) is 44.3 Å². The van der Waals surface area contributed by atoms with Crippen LogP contribution in [0.5, 0.6) is 0 Å². The van der Waals surface area contributed by atoms with Crippen LogP contribution in [0.3, 0.4) is 0 Å². The molecule has 0 saturated carbocycles. The Labute approximate surface area is 196 Å². The summed E-state index contributed by atoms with van der Waals surface area (Å²) in [7, 11) is 0. The Hall–Kier alpha value is -3.27. The number of benzene rings is 1. The second-order valence-corrected chi connectivity index (χ2v) is 8.29. The minimum absolute atomic E-state index is 0.185. The number of imidazole rings is 1. The first-order valence-electron chi connectivity index (χ1n) is 10.9. The molecule has 11 heteroatoms. The summed E-state index contributed by atoms with van der Waals surface area (Å²) >= 11 is 5.72. The number of unbranched alkanes of at least 4 members (excludes halogenated alkanes) is 1. The third kappa shape index (κ3) is 4.29. The van der Waals surface area contributed by atoms with Crippen molar-refractivity contribution in [3.63, 3.8) is 0 Å². The van der Waals surface area contributed by atoms with E-state index in [1.807, 2.05) is 13.8 Å². The second-order valence-electron chi connectivity index (χ2n) is 7.88. The van der Waals surface area contributed by atoms with E-state index >= 15 is 0 Å². The van der Waals surface area contributed by atoms with Crippen molar-refractivity contribution >= 4 is 22.8 Å². The fourth-order valence-electron chi connectivity index (χ4n) is 3.83. The molecule has 180 valence electrons. The van der Waals surface area contributed by atoms with Crippen molar-refractivity contribution in [2.75, 3.05) is 0 Å². The number of H-pyrrole nitrogens is 1. The first-order chi connectivity index (χ1) is 16.2. The van der Waals surface area contributed by atoms with Crippen LogP contribution in [-0.4, -0.2) is 19.1 Å². The molecule has 7 nitrogen and oxygen atoms in total. The molecule has 0 amide bonds. The highest BCUT2D eigenvalue weighted by atomic mass is 35.5. The zero-order valence-corrected chi connectivity index (χ0v) is 19.3.